The lowest BCUT2D eigenvalue weighted by Gasteiger charge is -2.18. The van der Waals surface area contributed by atoms with Crippen LogP contribution in [0.5, 0.6) is 5.75 Å². The summed E-state index contributed by atoms with van der Waals surface area (Å²) in [5.74, 6) is 0.844. The van der Waals surface area contributed by atoms with Crippen LogP contribution in [0.1, 0.15) is 25.0 Å². The van der Waals surface area contributed by atoms with E-state index in [1.807, 2.05) is 32.0 Å². The molecule has 108 valence electrons. The average molecular weight is 275 g/mol. The summed E-state index contributed by atoms with van der Waals surface area (Å²) in [6.45, 7) is 4.59. The first-order valence-electron chi connectivity index (χ1n) is 6.95. The van der Waals surface area contributed by atoms with Crippen molar-refractivity contribution < 1.29 is 14.6 Å². The molecule has 1 aromatic carbocycles. The summed E-state index contributed by atoms with van der Waals surface area (Å²) >= 11 is 0. The lowest BCUT2D eigenvalue weighted by Crippen LogP contribution is -2.37. The number of amides is 1. The molecule has 2 atom stereocenters. The molecule has 4 nitrogen and oxygen atoms in total. The molecule has 0 aromatic heterocycles. The van der Waals surface area contributed by atoms with Gasteiger partial charge in [0, 0.05) is 25.1 Å². The molecule has 2 unspecified atom stereocenters. The molecule has 1 aliphatic rings. The highest BCUT2D eigenvalue weighted by Crippen LogP contribution is 2.26. The Morgan fingerprint density at radius 3 is 3.05 bits per heavy atom. The Bertz CT molecular complexity index is 510. The molecule has 0 aliphatic carbocycles. The molecule has 20 heavy (non-hydrogen) atoms. The molecule has 0 saturated carbocycles. The largest absolute Gasteiger partial charge is 0.493 e. The lowest BCUT2D eigenvalue weighted by molar-refractivity contribution is -0.117. The molecule has 1 amide bonds. The van der Waals surface area contributed by atoms with Crippen molar-refractivity contribution in [3.8, 4) is 5.75 Å². The van der Waals surface area contributed by atoms with Crippen molar-refractivity contribution >= 4 is 12.0 Å². The van der Waals surface area contributed by atoms with Crippen molar-refractivity contribution in [1.82, 2.24) is 5.32 Å². The van der Waals surface area contributed by atoms with Gasteiger partial charge in [-0.3, -0.25) is 4.79 Å². The minimum Gasteiger partial charge on any atom is -0.493 e. The maximum atomic E-state index is 11.8. The van der Waals surface area contributed by atoms with E-state index in [0.717, 1.165) is 24.3 Å². The monoisotopic (exact) mass is 275 g/mol. The predicted octanol–water partition coefficient (Wildman–Crippen LogP) is 1.77. The SMILES string of the molecule is CC(CO)C(C)NC(=O)/C=C/c1ccc2c(c1)CCO2. The average Bonchev–Trinajstić information content (AvgIpc) is 2.91. The molecule has 1 aromatic rings. The molecule has 0 spiro atoms. The Morgan fingerprint density at radius 2 is 2.30 bits per heavy atom. The van der Waals surface area contributed by atoms with E-state index in [-0.39, 0.29) is 24.5 Å². The highest BCUT2D eigenvalue weighted by molar-refractivity contribution is 5.91. The molecule has 4 heteroatoms. The maximum Gasteiger partial charge on any atom is 0.244 e. The molecule has 2 N–H and O–H groups in total. The van der Waals surface area contributed by atoms with E-state index in [2.05, 4.69) is 5.32 Å². The van der Waals surface area contributed by atoms with Crippen LogP contribution in [-0.4, -0.2) is 30.3 Å². The first kappa shape index (κ1) is 14.6. The van der Waals surface area contributed by atoms with Crippen molar-refractivity contribution in [2.24, 2.45) is 5.92 Å². The van der Waals surface area contributed by atoms with Crippen LogP contribution in [0.2, 0.25) is 0 Å². The normalized spacial score (nSPS) is 16.6. The summed E-state index contributed by atoms with van der Waals surface area (Å²) in [7, 11) is 0. The van der Waals surface area contributed by atoms with Crippen LogP contribution in [0.15, 0.2) is 24.3 Å². The van der Waals surface area contributed by atoms with Gasteiger partial charge in [-0.05, 0) is 42.2 Å². The highest BCUT2D eigenvalue weighted by atomic mass is 16.5. The van der Waals surface area contributed by atoms with Gasteiger partial charge in [-0.15, -0.1) is 0 Å². The van der Waals surface area contributed by atoms with Gasteiger partial charge in [-0.1, -0.05) is 13.0 Å². The minimum absolute atomic E-state index is 0.0458. The predicted molar refractivity (Wildman–Crippen MR) is 78.5 cm³/mol. The number of hydrogen-bond acceptors (Lipinski definition) is 3. The number of aliphatic hydroxyl groups is 1. The van der Waals surface area contributed by atoms with Gasteiger partial charge < -0.3 is 15.2 Å². The van der Waals surface area contributed by atoms with E-state index in [9.17, 15) is 4.79 Å². The van der Waals surface area contributed by atoms with Crippen molar-refractivity contribution in [2.75, 3.05) is 13.2 Å². The van der Waals surface area contributed by atoms with Crippen LogP contribution in [0.4, 0.5) is 0 Å². The van der Waals surface area contributed by atoms with E-state index in [1.165, 1.54) is 11.6 Å². The highest BCUT2D eigenvalue weighted by Gasteiger charge is 2.13. The second kappa shape index (κ2) is 6.57. The summed E-state index contributed by atoms with van der Waals surface area (Å²) in [4.78, 5) is 11.8. The van der Waals surface area contributed by atoms with Gasteiger partial charge in [0.05, 0.1) is 6.61 Å². The number of benzene rings is 1. The Hall–Kier alpha value is -1.81. The molecule has 0 bridgehead atoms. The zero-order valence-corrected chi connectivity index (χ0v) is 11.9. The molecule has 0 saturated heterocycles. The molecule has 0 fully saturated rings. The van der Waals surface area contributed by atoms with Gasteiger partial charge in [-0.2, -0.15) is 0 Å². The van der Waals surface area contributed by atoms with Gasteiger partial charge >= 0.3 is 0 Å². The first-order valence-corrected chi connectivity index (χ1v) is 6.95. The van der Waals surface area contributed by atoms with Crippen LogP contribution in [0.3, 0.4) is 0 Å². The third kappa shape index (κ3) is 3.61. The van der Waals surface area contributed by atoms with Crippen molar-refractivity contribution in [3.63, 3.8) is 0 Å². The zero-order chi connectivity index (χ0) is 14.5. The Labute approximate surface area is 119 Å². The van der Waals surface area contributed by atoms with Crippen LogP contribution in [0.25, 0.3) is 6.08 Å². The van der Waals surface area contributed by atoms with E-state index in [0.29, 0.717) is 0 Å². The Morgan fingerprint density at radius 1 is 1.50 bits per heavy atom. The summed E-state index contributed by atoms with van der Waals surface area (Å²) in [6, 6.07) is 5.88. The molecule has 1 aliphatic heterocycles. The number of rotatable bonds is 5. The zero-order valence-electron chi connectivity index (χ0n) is 11.9. The van der Waals surface area contributed by atoms with Gasteiger partial charge in [0.1, 0.15) is 5.75 Å². The van der Waals surface area contributed by atoms with E-state index in [1.54, 1.807) is 6.08 Å². The molecule has 0 radical (unpaired) electrons. The summed E-state index contributed by atoms with van der Waals surface area (Å²) in [6.07, 6.45) is 4.25. The number of carbonyl (C=O) groups excluding carboxylic acids is 1. The molecule has 1 heterocycles. The summed E-state index contributed by atoms with van der Waals surface area (Å²) < 4.78 is 5.44. The van der Waals surface area contributed by atoms with Gasteiger partial charge in [0.2, 0.25) is 5.91 Å². The van der Waals surface area contributed by atoms with E-state index in [4.69, 9.17) is 9.84 Å². The van der Waals surface area contributed by atoms with E-state index < -0.39 is 0 Å². The second-order valence-electron chi connectivity index (χ2n) is 5.26. The van der Waals surface area contributed by atoms with E-state index >= 15 is 0 Å². The van der Waals surface area contributed by atoms with Crippen molar-refractivity contribution in [2.45, 2.75) is 26.3 Å². The number of aliphatic hydroxyl groups excluding tert-OH is 1. The number of nitrogens with one attached hydrogen (secondary N) is 1. The van der Waals surface area contributed by atoms with Crippen LogP contribution in [0, 0.1) is 5.92 Å². The van der Waals surface area contributed by atoms with Crippen molar-refractivity contribution in [1.29, 1.82) is 0 Å². The Balaban J connectivity index is 1.94. The maximum absolute atomic E-state index is 11.8. The topological polar surface area (TPSA) is 58.6 Å². The smallest absolute Gasteiger partial charge is 0.244 e. The van der Waals surface area contributed by atoms with Crippen molar-refractivity contribution in [3.05, 3.63) is 35.4 Å². The fraction of sp³-hybridized carbons (Fsp3) is 0.438. The van der Waals surface area contributed by atoms with Crippen LogP contribution in [-0.2, 0) is 11.2 Å². The number of hydrogen-bond donors (Lipinski definition) is 2. The lowest BCUT2D eigenvalue weighted by atomic mass is 10.1. The third-order valence-corrected chi connectivity index (χ3v) is 3.65. The number of carbonyl (C=O) groups is 1. The summed E-state index contributed by atoms with van der Waals surface area (Å²) in [5, 5.41) is 11.9. The number of ether oxygens (including phenoxy) is 1. The molecular weight excluding hydrogens is 254 g/mol. The van der Waals surface area contributed by atoms with Crippen LogP contribution >= 0.6 is 0 Å². The minimum atomic E-state index is -0.144. The van der Waals surface area contributed by atoms with Gasteiger partial charge in [-0.25, -0.2) is 0 Å². The van der Waals surface area contributed by atoms with Gasteiger partial charge in [0.25, 0.3) is 0 Å². The Kier molecular flexibility index (Phi) is 4.79. The summed E-state index contributed by atoms with van der Waals surface area (Å²) in [5.41, 5.74) is 2.18. The fourth-order valence-corrected chi connectivity index (χ4v) is 2.05. The second-order valence-corrected chi connectivity index (χ2v) is 5.26. The fourth-order valence-electron chi connectivity index (χ4n) is 2.05. The standard InChI is InChI=1S/C16H21NO3/c1-11(10-18)12(2)17-16(19)6-4-13-3-5-15-14(9-13)7-8-20-15/h3-6,9,11-12,18H,7-8,10H2,1-2H3,(H,17,19)/b6-4+. The van der Waals surface area contributed by atoms with Crippen LogP contribution < -0.4 is 10.1 Å². The molecule has 2 rings (SSSR count). The number of fused-ring (bicyclic) bond motifs is 1. The third-order valence-electron chi connectivity index (χ3n) is 3.65. The first-order chi connectivity index (χ1) is 9.60. The quantitative estimate of drug-likeness (QED) is 0.805. The van der Waals surface area contributed by atoms with Gasteiger partial charge in [0.15, 0.2) is 0 Å². The molecular formula is C16H21NO3.